The van der Waals surface area contributed by atoms with E-state index in [0.717, 1.165) is 31.4 Å². The summed E-state index contributed by atoms with van der Waals surface area (Å²) >= 11 is 3.00. The molecule has 0 N–H and O–H groups in total. The topological polar surface area (TPSA) is 45.9 Å². The second-order valence-corrected chi connectivity index (χ2v) is 9.49. The van der Waals surface area contributed by atoms with Crippen molar-refractivity contribution in [3.05, 3.63) is 107 Å². The normalized spacial score (nSPS) is 11.5. The van der Waals surface area contributed by atoms with Crippen molar-refractivity contribution >= 4 is 50.2 Å². The third kappa shape index (κ3) is 4.52. The number of aromatic nitrogens is 1. The molecule has 1 aromatic heterocycles. The van der Waals surface area contributed by atoms with Crippen molar-refractivity contribution in [3.8, 4) is 11.8 Å². The van der Waals surface area contributed by atoms with Gasteiger partial charge in [0.1, 0.15) is 18.4 Å². The molecule has 3 nitrogen and oxygen atoms in total. The summed E-state index contributed by atoms with van der Waals surface area (Å²) in [4.78, 5) is 5.21. The molecule has 4 aromatic carbocycles. The first-order valence-corrected chi connectivity index (χ1v) is 11.8. The highest BCUT2D eigenvalue weighted by Gasteiger charge is 2.07. The zero-order valence-electron chi connectivity index (χ0n) is 17.1. The van der Waals surface area contributed by atoms with Gasteiger partial charge >= 0.3 is 0 Å². The highest BCUT2D eigenvalue weighted by molar-refractivity contribution is 8.05. The maximum Gasteiger partial charge on any atom is 0.156 e. The van der Waals surface area contributed by atoms with Gasteiger partial charge in [0.15, 0.2) is 4.34 Å². The van der Waals surface area contributed by atoms with Crippen molar-refractivity contribution < 1.29 is 4.74 Å². The summed E-state index contributed by atoms with van der Waals surface area (Å²) in [6.45, 7) is 0.507. The van der Waals surface area contributed by atoms with Crippen LogP contribution in [0.1, 0.15) is 11.1 Å². The second-order valence-electron chi connectivity index (χ2n) is 7.17. The molecule has 0 saturated carbocycles. The molecule has 0 aliphatic carbocycles. The third-order valence-electron chi connectivity index (χ3n) is 5.03. The molecule has 0 amide bonds. The first-order valence-electron chi connectivity index (χ1n) is 10.1. The Bertz CT molecular complexity index is 1420. The van der Waals surface area contributed by atoms with Gasteiger partial charge in [0.05, 0.1) is 15.1 Å². The van der Waals surface area contributed by atoms with Crippen LogP contribution >= 0.6 is 23.1 Å². The monoisotopic (exact) mass is 450 g/mol. The number of allylic oxidation sites excluding steroid dienone is 1. The molecule has 154 valence electrons. The molecule has 0 bridgehead atoms. The third-order valence-corrected chi connectivity index (χ3v) is 7.06. The second kappa shape index (κ2) is 9.27. The Balaban J connectivity index is 1.28. The molecule has 1 heterocycles. The van der Waals surface area contributed by atoms with Crippen molar-refractivity contribution in [1.82, 2.24) is 4.98 Å². The Morgan fingerprint density at radius 2 is 1.72 bits per heavy atom. The fraction of sp³-hybridized carbons (Fsp3) is 0.0370. The Hall–Kier alpha value is -3.59. The zero-order valence-corrected chi connectivity index (χ0v) is 18.7. The molecule has 0 aliphatic heterocycles. The summed E-state index contributed by atoms with van der Waals surface area (Å²) in [5.74, 6) is 0.799. The summed E-state index contributed by atoms with van der Waals surface area (Å²) in [5.41, 5.74) is 3.07. The fourth-order valence-electron chi connectivity index (χ4n) is 3.46. The average Bonchev–Trinajstić information content (AvgIpc) is 3.25. The number of thiazole rings is 1. The molecule has 0 spiro atoms. The minimum Gasteiger partial charge on any atom is -0.489 e. The largest absolute Gasteiger partial charge is 0.489 e. The summed E-state index contributed by atoms with van der Waals surface area (Å²) in [5, 5.41) is 12.0. The van der Waals surface area contributed by atoms with E-state index < -0.39 is 0 Å². The fourth-order valence-corrected chi connectivity index (χ4v) is 5.44. The Morgan fingerprint density at radius 1 is 0.938 bits per heavy atom. The van der Waals surface area contributed by atoms with E-state index in [-0.39, 0.29) is 0 Å². The molecule has 0 fully saturated rings. The number of fused-ring (bicyclic) bond motifs is 2. The minimum atomic E-state index is 0.507. The van der Waals surface area contributed by atoms with Crippen LogP contribution in [0.5, 0.6) is 5.75 Å². The van der Waals surface area contributed by atoms with Crippen LogP contribution in [-0.2, 0) is 6.61 Å². The Kier molecular flexibility index (Phi) is 5.89. The predicted octanol–water partition coefficient (Wildman–Crippen LogP) is 7.69. The van der Waals surface area contributed by atoms with Crippen LogP contribution in [-0.4, -0.2) is 4.98 Å². The van der Waals surface area contributed by atoms with Gasteiger partial charge in [0.25, 0.3) is 0 Å². The van der Waals surface area contributed by atoms with Crippen LogP contribution in [0.25, 0.3) is 27.1 Å². The van der Waals surface area contributed by atoms with E-state index in [1.54, 1.807) is 11.3 Å². The lowest BCUT2D eigenvalue weighted by atomic mass is 10.1. The van der Waals surface area contributed by atoms with E-state index in [1.165, 1.54) is 22.5 Å². The van der Waals surface area contributed by atoms with Crippen LogP contribution in [0.4, 0.5) is 0 Å². The van der Waals surface area contributed by atoms with E-state index >= 15 is 0 Å². The molecule has 5 rings (SSSR count). The quantitative estimate of drug-likeness (QED) is 0.196. The Morgan fingerprint density at radius 3 is 2.56 bits per heavy atom. The van der Waals surface area contributed by atoms with E-state index in [2.05, 4.69) is 41.4 Å². The van der Waals surface area contributed by atoms with Crippen molar-refractivity contribution in [2.75, 3.05) is 0 Å². The zero-order chi connectivity index (χ0) is 21.8. The summed E-state index contributed by atoms with van der Waals surface area (Å²) < 4.78 is 8.01. The van der Waals surface area contributed by atoms with Crippen molar-refractivity contribution in [2.45, 2.75) is 10.9 Å². The lowest BCUT2D eigenvalue weighted by Gasteiger charge is -2.09. The first kappa shape index (κ1) is 20.3. The Labute approximate surface area is 194 Å². The first-order chi connectivity index (χ1) is 15.8. The summed E-state index contributed by atoms with van der Waals surface area (Å²) in [7, 11) is 0. The van der Waals surface area contributed by atoms with Crippen molar-refractivity contribution in [1.29, 1.82) is 5.26 Å². The van der Waals surface area contributed by atoms with Crippen LogP contribution < -0.4 is 4.74 Å². The van der Waals surface area contributed by atoms with Gasteiger partial charge in [-0.1, -0.05) is 66.7 Å². The minimum absolute atomic E-state index is 0.507. The SMILES string of the molecule is N#C/C(=C\c1ccc(OCc2cccc3ccccc23)cc1)Sc1nc2ccccc2s1. The van der Waals surface area contributed by atoms with Gasteiger partial charge in [0, 0.05) is 0 Å². The van der Waals surface area contributed by atoms with E-state index in [4.69, 9.17) is 4.74 Å². The molecule has 0 saturated heterocycles. The number of para-hydroxylation sites is 1. The molecule has 0 aliphatic rings. The molecular weight excluding hydrogens is 432 g/mol. The highest BCUT2D eigenvalue weighted by Crippen LogP contribution is 2.34. The van der Waals surface area contributed by atoms with Gasteiger partial charge in [-0.25, -0.2) is 4.98 Å². The number of benzene rings is 4. The van der Waals surface area contributed by atoms with Crippen LogP contribution in [0, 0.1) is 11.3 Å². The number of hydrogen-bond donors (Lipinski definition) is 0. The van der Waals surface area contributed by atoms with Crippen LogP contribution in [0.2, 0.25) is 0 Å². The number of thioether (sulfide) groups is 1. The van der Waals surface area contributed by atoms with Gasteiger partial charge in [-0.3, -0.25) is 0 Å². The summed E-state index contributed by atoms with van der Waals surface area (Å²) in [6.07, 6.45) is 1.88. The van der Waals surface area contributed by atoms with Gasteiger partial charge in [0.2, 0.25) is 0 Å². The standard InChI is InChI=1S/C27H18N2OS2/c28-17-23(31-27-29-25-10-3-4-11-26(25)32-27)16-19-12-14-22(15-13-19)30-18-21-8-5-7-20-6-1-2-9-24(20)21/h1-16H,18H2/b23-16+. The van der Waals surface area contributed by atoms with Crippen molar-refractivity contribution in [3.63, 3.8) is 0 Å². The van der Waals surface area contributed by atoms with Gasteiger partial charge in [-0.2, -0.15) is 5.26 Å². The maximum atomic E-state index is 9.59. The molecule has 5 aromatic rings. The molecule has 0 atom stereocenters. The molecule has 32 heavy (non-hydrogen) atoms. The molecule has 0 unspecified atom stereocenters. The van der Waals surface area contributed by atoms with Crippen LogP contribution in [0.3, 0.4) is 0 Å². The number of hydrogen-bond acceptors (Lipinski definition) is 5. The summed E-state index contributed by atoms with van der Waals surface area (Å²) in [6, 6.07) is 32.7. The lowest BCUT2D eigenvalue weighted by molar-refractivity contribution is 0.307. The average molecular weight is 451 g/mol. The van der Waals surface area contributed by atoms with E-state index in [0.29, 0.717) is 11.5 Å². The van der Waals surface area contributed by atoms with E-state index in [1.807, 2.05) is 66.7 Å². The van der Waals surface area contributed by atoms with Gasteiger partial charge in [-0.05, 0) is 64.0 Å². The molecule has 5 heteroatoms. The highest BCUT2D eigenvalue weighted by atomic mass is 32.2. The number of nitrogens with zero attached hydrogens (tertiary/aromatic N) is 2. The smallest absolute Gasteiger partial charge is 0.156 e. The van der Waals surface area contributed by atoms with Gasteiger partial charge < -0.3 is 4.74 Å². The number of rotatable bonds is 6. The maximum absolute atomic E-state index is 9.59. The van der Waals surface area contributed by atoms with E-state index in [9.17, 15) is 5.26 Å². The molecular formula is C27H18N2OS2. The van der Waals surface area contributed by atoms with Crippen molar-refractivity contribution in [2.24, 2.45) is 0 Å². The predicted molar refractivity (Wildman–Crippen MR) is 134 cm³/mol. The number of nitriles is 1. The lowest BCUT2D eigenvalue weighted by Crippen LogP contribution is -1.96. The number of ether oxygens (including phenoxy) is 1. The van der Waals surface area contributed by atoms with Crippen LogP contribution in [0.15, 0.2) is 100 Å². The molecule has 0 radical (unpaired) electrons. The van der Waals surface area contributed by atoms with Gasteiger partial charge in [-0.15, -0.1) is 11.3 Å².